The van der Waals surface area contributed by atoms with Gasteiger partial charge in [-0.05, 0) is 43.8 Å². The van der Waals surface area contributed by atoms with Gasteiger partial charge in [-0.25, -0.2) is 0 Å². The Balaban J connectivity index is 3.17. The molecule has 1 aliphatic carbocycles. The molecule has 15 heavy (non-hydrogen) atoms. The lowest BCUT2D eigenvalue weighted by Crippen LogP contribution is -2.31. The third-order valence-electron chi connectivity index (χ3n) is 3.18. The summed E-state index contributed by atoms with van der Waals surface area (Å²) in [4.78, 5) is 11.9. The molecular formula is C13H20O2. The minimum Gasteiger partial charge on any atom is -0.389 e. The molecule has 1 atom stereocenters. The van der Waals surface area contributed by atoms with Gasteiger partial charge in [0.05, 0.1) is 6.10 Å². The smallest absolute Gasteiger partial charge is 0.182 e. The molecule has 1 rings (SSSR count). The fourth-order valence-electron chi connectivity index (χ4n) is 2.30. The number of carbonyl (C=O) groups excluding carboxylic acids is 1. The highest BCUT2D eigenvalue weighted by Crippen LogP contribution is 2.40. The summed E-state index contributed by atoms with van der Waals surface area (Å²) in [6.07, 6.45) is 4.51. The van der Waals surface area contributed by atoms with Crippen LogP contribution < -0.4 is 0 Å². The number of hydrogen-bond acceptors (Lipinski definition) is 2. The zero-order valence-corrected chi connectivity index (χ0v) is 10.0. The van der Waals surface area contributed by atoms with E-state index < -0.39 is 6.10 Å². The van der Waals surface area contributed by atoms with Gasteiger partial charge in [-0.1, -0.05) is 19.9 Å². The number of aliphatic hydroxyl groups excluding tert-OH is 1. The van der Waals surface area contributed by atoms with E-state index in [-0.39, 0.29) is 11.2 Å². The van der Waals surface area contributed by atoms with Gasteiger partial charge in [0.2, 0.25) is 0 Å². The van der Waals surface area contributed by atoms with Crippen molar-refractivity contribution in [3.8, 4) is 0 Å². The summed E-state index contributed by atoms with van der Waals surface area (Å²) in [6, 6.07) is 0. The Bertz CT molecular complexity index is 321. The molecule has 1 aliphatic rings. The number of rotatable bonds is 2. The van der Waals surface area contributed by atoms with Crippen molar-refractivity contribution in [2.45, 2.75) is 46.6 Å². The maximum atomic E-state index is 11.9. The third kappa shape index (κ3) is 2.37. The summed E-state index contributed by atoms with van der Waals surface area (Å²) in [5.41, 5.74) is 1.52. The Morgan fingerprint density at radius 2 is 2.13 bits per heavy atom. The van der Waals surface area contributed by atoms with Gasteiger partial charge >= 0.3 is 0 Å². The van der Waals surface area contributed by atoms with E-state index in [1.807, 2.05) is 13.8 Å². The third-order valence-corrected chi connectivity index (χ3v) is 3.18. The lowest BCUT2D eigenvalue weighted by molar-refractivity contribution is -0.112. The predicted octanol–water partition coefficient (Wildman–Crippen LogP) is 2.63. The molecule has 2 nitrogen and oxygen atoms in total. The molecule has 0 heterocycles. The molecule has 0 unspecified atom stereocenters. The summed E-state index contributed by atoms with van der Waals surface area (Å²) in [5.74, 6) is 0.0405. The zero-order valence-electron chi connectivity index (χ0n) is 10.0. The maximum Gasteiger partial charge on any atom is 0.182 e. The van der Waals surface area contributed by atoms with Gasteiger partial charge in [-0.3, -0.25) is 4.79 Å². The SMILES string of the molecule is C/C=C/C(=O)C1=C(C)[C@@H](O)CCC1(C)C. The minimum atomic E-state index is -0.442. The molecule has 0 amide bonds. The Hall–Kier alpha value is -0.890. The predicted molar refractivity (Wildman–Crippen MR) is 61.5 cm³/mol. The number of carbonyl (C=O) groups is 1. The lowest BCUT2D eigenvalue weighted by atomic mass is 9.70. The second-order valence-electron chi connectivity index (χ2n) is 4.86. The maximum absolute atomic E-state index is 11.9. The molecule has 1 N–H and O–H groups in total. The van der Waals surface area contributed by atoms with Crippen LogP contribution in [0.25, 0.3) is 0 Å². The van der Waals surface area contributed by atoms with E-state index in [4.69, 9.17) is 0 Å². The number of allylic oxidation sites excluding steroid dienone is 3. The highest BCUT2D eigenvalue weighted by molar-refractivity contribution is 6.05. The van der Waals surface area contributed by atoms with Crippen molar-refractivity contribution in [3.05, 3.63) is 23.3 Å². The van der Waals surface area contributed by atoms with Crippen LogP contribution in [0, 0.1) is 5.41 Å². The first-order chi connectivity index (χ1) is 6.90. The van der Waals surface area contributed by atoms with E-state index in [1.54, 1.807) is 12.2 Å². The van der Waals surface area contributed by atoms with E-state index in [9.17, 15) is 9.90 Å². The number of hydrogen-bond donors (Lipinski definition) is 1. The topological polar surface area (TPSA) is 37.3 Å². The average molecular weight is 208 g/mol. The quantitative estimate of drug-likeness (QED) is 0.708. The highest BCUT2D eigenvalue weighted by Gasteiger charge is 2.35. The summed E-state index contributed by atoms with van der Waals surface area (Å²) < 4.78 is 0. The Morgan fingerprint density at radius 1 is 1.53 bits per heavy atom. The van der Waals surface area contributed by atoms with Crippen molar-refractivity contribution in [1.29, 1.82) is 0 Å². The zero-order chi connectivity index (χ0) is 11.6. The standard InChI is InChI=1S/C13H20O2/c1-5-6-11(15)12-9(2)10(14)7-8-13(12,3)4/h5-6,10,14H,7-8H2,1-4H3/b6-5+/t10-/m0/s1. The van der Waals surface area contributed by atoms with Crippen LogP contribution in [0.1, 0.15) is 40.5 Å². The van der Waals surface area contributed by atoms with Crippen molar-refractivity contribution in [2.24, 2.45) is 5.41 Å². The Morgan fingerprint density at radius 3 is 2.67 bits per heavy atom. The molecule has 0 spiro atoms. The van der Waals surface area contributed by atoms with E-state index in [2.05, 4.69) is 13.8 Å². The summed E-state index contributed by atoms with van der Waals surface area (Å²) in [7, 11) is 0. The molecule has 0 saturated carbocycles. The first-order valence-electron chi connectivity index (χ1n) is 5.46. The van der Waals surface area contributed by atoms with Crippen LogP contribution in [0.15, 0.2) is 23.3 Å². The van der Waals surface area contributed by atoms with Crippen molar-refractivity contribution in [2.75, 3.05) is 0 Å². The van der Waals surface area contributed by atoms with Gasteiger partial charge in [0, 0.05) is 5.57 Å². The molecular weight excluding hydrogens is 188 g/mol. The average Bonchev–Trinajstić information content (AvgIpc) is 2.12. The van der Waals surface area contributed by atoms with Gasteiger partial charge in [-0.15, -0.1) is 0 Å². The molecule has 84 valence electrons. The largest absolute Gasteiger partial charge is 0.389 e. The molecule has 0 aliphatic heterocycles. The molecule has 0 saturated heterocycles. The van der Waals surface area contributed by atoms with Crippen molar-refractivity contribution < 1.29 is 9.90 Å². The van der Waals surface area contributed by atoms with Crippen molar-refractivity contribution in [3.63, 3.8) is 0 Å². The monoisotopic (exact) mass is 208 g/mol. The number of aliphatic hydroxyl groups is 1. The molecule has 0 radical (unpaired) electrons. The van der Waals surface area contributed by atoms with Crippen LogP contribution in [0.4, 0.5) is 0 Å². The van der Waals surface area contributed by atoms with Gasteiger partial charge in [0.25, 0.3) is 0 Å². The van der Waals surface area contributed by atoms with Crippen molar-refractivity contribution >= 4 is 5.78 Å². The molecule has 0 bridgehead atoms. The number of ketones is 1. The van der Waals surface area contributed by atoms with Gasteiger partial charge in [0.1, 0.15) is 0 Å². The summed E-state index contributed by atoms with van der Waals surface area (Å²) >= 11 is 0. The van der Waals surface area contributed by atoms with Crippen LogP contribution in [-0.2, 0) is 4.79 Å². The van der Waals surface area contributed by atoms with Gasteiger partial charge in [-0.2, -0.15) is 0 Å². The molecule has 0 fully saturated rings. The first-order valence-corrected chi connectivity index (χ1v) is 5.46. The van der Waals surface area contributed by atoms with E-state index in [1.165, 1.54) is 0 Å². The normalized spacial score (nSPS) is 26.1. The van der Waals surface area contributed by atoms with Crippen LogP contribution in [-0.4, -0.2) is 17.0 Å². The second-order valence-corrected chi connectivity index (χ2v) is 4.86. The first kappa shape index (κ1) is 12.2. The molecule has 0 aromatic heterocycles. The molecule has 2 heteroatoms. The minimum absolute atomic E-state index is 0.0405. The fraction of sp³-hybridized carbons (Fsp3) is 0.615. The van der Waals surface area contributed by atoms with E-state index in [0.717, 1.165) is 24.0 Å². The molecule has 0 aromatic carbocycles. The van der Waals surface area contributed by atoms with Crippen LogP contribution in [0.3, 0.4) is 0 Å². The van der Waals surface area contributed by atoms with Gasteiger partial charge in [0.15, 0.2) is 5.78 Å². The Labute approximate surface area is 91.7 Å². The fourth-order valence-corrected chi connectivity index (χ4v) is 2.30. The summed E-state index contributed by atoms with van der Waals surface area (Å²) in [5, 5.41) is 9.76. The lowest BCUT2D eigenvalue weighted by Gasteiger charge is -2.35. The highest BCUT2D eigenvalue weighted by atomic mass is 16.3. The second kappa shape index (κ2) is 4.31. The van der Waals surface area contributed by atoms with E-state index >= 15 is 0 Å². The van der Waals surface area contributed by atoms with Crippen LogP contribution in [0.2, 0.25) is 0 Å². The Kier molecular flexibility index (Phi) is 3.50. The van der Waals surface area contributed by atoms with E-state index in [0.29, 0.717) is 0 Å². The summed E-state index contributed by atoms with van der Waals surface area (Å²) in [6.45, 7) is 7.83. The molecule has 0 aromatic rings. The van der Waals surface area contributed by atoms with Crippen LogP contribution >= 0.6 is 0 Å². The van der Waals surface area contributed by atoms with Crippen molar-refractivity contribution in [1.82, 2.24) is 0 Å². The van der Waals surface area contributed by atoms with Crippen LogP contribution in [0.5, 0.6) is 0 Å². The van der Waals surface area contributed by atoms with Gasteiger partial charge < -0.3 is 5.11 Å².